The molecule has 0 spiro atoms. The van der Waals surface area contributed by atoms with Crippen molar-refractivity contribution >= 4 is 43.9 Å². The molecule has 0 saturated carbocycles. The molecule has 9 nitrogen and oxygen atoms in total. The van der Waals surface area contributed by atoms with Crippen molar-refractivity contribution < 1.29 is 22.7 Å². The van der Waals surface area contributed by atoms with Gasteiger partial charge in [0, 0.05) is 30.7 Å². The molecule has 0 unspecified atom stereocenters. The highest BCUT2D eigenvalue weighted by Crippen LogP contribution is 2.28. The summed E-state index contributed by atoms with van der Waals surface area (Å²) < 4.78 is 39.9. The number of nitrogens with zero attached hydrogens (tertiary/aromatic N) is 3. The number of fused-ring (bicyclic) bond motifs is 1. The number of carbonyl (C=O) groups excluding carboxylic acids is 1. The van der Waals surface area contributed by atoms with Crippen molar-refractivity contribution in [1.82, 2.24) is 13.7 Å². The van der Waals surface area contributed by atoms with Crippen molar-refractivity contribution in [1.29, 1.82) is 0 Å². The molecular formula is C20H20ClN3O6S2. The van der Waals surface area contributed by atoms with Crippen molar-refractivity contribution in [2.24, 2.45) is 0 Å². The molecule has 0 N–H and O–H groups in total. The molecule has 3 aromatic rings. The normalized spacial score (nSPS) is 19.8. The van der Waals surface area contributed by atoms with Crippen LogP contribution < -0.4 is 5.56 Å². The van der Waals surface area contributed by atoms with Crippen LogP contribution in [0, 0.1) is 0 Å². The smallest absolute Gasteiger partial charge is 0.338 e. The van der Waals surface area contributed by atoms with E-state index < -0.39 is 16.0 Å². The highest BCUT2D eigenvalue weighted by Gasteiger charge is 2.34. The van der Waals surface area contributed by atoms with E-state index in [0.717, 1.165) is 0 Å². The Morgan fingerprint density at radius 1 is 1.28 bits per heavy atom. The lowest BCUT2D eigenvalue weighted by atomic mass is 10.2. The fourth-order valence-electron chi connectivity index (χ4n) is 3.48. The number of hydrogen-bond acceptors (Lipinski definition) is 8. The standard InChI is InChI=1S/C20H20ClN3O6S2/c1-12-9-23(10-13(2)30-12)32(27,28)17-7-14(3-4-16(17)21)19(26)29-11-15-8-18(25)24-5-6-31-20(24)22-15/h3-8,12-13H,9-11H2,1-2H3/t12-,13-/m0/s1. The molecule has 1 aliphatic rings. The third-order valence-corrected chi connectivity index (χ3v) is 7.95. The van der Waals surface area contributed by atoms with E-state index in [1.807, 2.05) is 0 Å². The highest BCUT2D eigenvalue weighted by atomic mass is 35.5. The maximum Gasteiger partial charge on any atom is 0.338 e. The molecule has 1 aromatic carbocycles. The zero-order valence-corrected chi connectivity index (χ0v) is 19.6. The second-order valence-corrected chi connectivity index (χ2v) is 10.6. The third kappa shape index (κ3) is 4.57. The van der Waals surface area contributed by atoms with Gasteiger partial charge in [0.2, 0.25) is 10.0 Å². The number of morpholine rings is 1. The maximum atomic E-state index is 13.2. The van der Waals surface area contributed by atoms with Crippen molar-refractivity contribution in [3.63, 3.8) is 0 Å². The minimum atomic E-state index is -3.95. The van der Waals surface area contributed by atoms with E-state index >= 15 is 0 Å². The SMILES string of the molecule is C[C@H]1CN(S(=O)(=O)c2cc(C(=O)OCc3cc(=O)n4ccsc4n3)ccc2Cl)C[C@H](C)O1. The highest BCUT2D eigenvalue weighted by molar-refractivity contribution is 7.89. The van der Waals surface area contributed by atoms with Crippen molar-refractivity contribution in [3.05, 3.63) is 62.5 Å². The summed E-state index contributed by atoms with van der Waals surface area (Å²) in [6, 6.07) is 5.22. The predicted molar refractivity (Wildman–Crippen MR) is 119 cm³/mol. The van der Waals surface area contributed by atoms with Gasteiger partial charge in [0.15, 0.2) is 4.96 Å². The number of rotatable bonds is 5. The zero-order chi connectivity index (χ0) is 23.0. The molecule has 0 amide bonds. The van der Waals surface area contributed by atoms with Gasteiger partial charge in [0.25, 0.3) is 5.56 Å². The molecule has 3 heterocycles. The Kier molecular flexibility index (Phi) is 6.37. The lowest BCUT2D eigenvalue weighted by molar-refractivity contribution is -0.0440. The maximum absolute atomic E-state index is 13.2. The van der Waals surface area contributed by atoms with Gasteiger partial charge in [-0.15, -0.1) is 11.3 Å². The molecular weight excluding hydrogens is 478 g/mol. The van der Waals surface area contributed by atoms with Gasteiger partial charge in [-0.1, -0.05) is 11.6 Å². The summed E-state index contributed by atoms with van der Waals surface area (Å²) in [7, 11) is -3.95. The monoisotopic (exact) mass is 497 g/mol. The van der Waals surface area contributed by atoms with Crippen LogP contribution in [-0.2, 0) is 26.1 Å². The number of aromatic nitrogens is 2. The quantitative estimate of drug-likeness (QED) is 0.498. The van der Waals surface area contributed by atoms with Crippen molar-refractivity contribution in [3.8, 4) is 0 Å². The van der Waals surface area contributed by atoms with Gasteiger partial charge >= 0.3 is 5.97 Å². The van der Waals surface area contributed by atoms with Gasteiger partial charge in [-0.25, -0.2) is 18.2 Å². The average molecular weight is 498 g/mol. The van der Waals surface area contributed by atoms with Crippen LogP contribution in [0.1, 0.15) is 29.9 Å². The van der Waals surface area contributed by atoms with E-state index in [0.29, 0.717) is 10.7 Å². The molecule has 1 saturated heterocycles. The molecule has 0 aliphatic carbocycles. The Morgan fingerprint density at radius 3 is 2.72 bits per heavy atom. The Morgan fingerprint density at radius 2 is 2.00 bits per heavy atom. The summed E-state index contributed by atoms with van der Waals surface area (Å²) in [4.78, 5) is 29.2. The van der Waals surface area contributed by atoms with Gasteiger partial charge < -0.3 is 9.47 Å². The zero-order valence-electron chi connectivity index (χ0n) is 17.2. The fourth-order valence-corrected chi connectivity index (χ4v) is 6.31. The number of esters is 1. The first-order valence-electron chi connectivity index (χ1n) is 9.73. The summed E-state index contributed by atoms with van der Waals surface area (Å²) in [5, 5.41) is 1.73. The molecule has 2 atom stereocenters. The van der Waals surface area contributed by atoms with E-state index in [2.05, 4.69) is 4.98 Å². The lowest BCUT2D eigenvalue weighted by Gasteiger charge is -2.34. The first-order valence-corrected chi connectivity index (χ1v) is 12.4. The number of thiazole rings is 1. The van der Waals surface area contributed by atoms with Gasteiger partial charge in [-0.2, -0.15) is 4.31 Å². The second-order valence-electron chi connectivity index (χ2n) is 7.44. The van der Waals surface area contributed by atoms with Crippen LogP contribution in [0.5, 0.6) is 0 Å². The summed E-state index contributed by atoms with van der Waals surface area (Å²) in [6.07, 6.45) is 1.08. The van der Waals surface area contributed by atoms with Crippen LogP contribution >= 0.6 is 22.9 Å². The van der Waals surface area contributed by atoms with Crippen LogP contribution in [0.2, 0.25) is 5.02 Å². The van der Waals surface area contributed by atoms with Crippen LogP contribution in [0.3, 0.4) is 0 Å². The Balaban J connectivity index is 1.54. The van der Waals surface area contributed by atoms with Crippen LogP contribution in [0.15, 0.2) is 45.5 Å². The number of hydrogen-bond donors (Lipinski definition) is 0. The predicted octanol–water partition coefficient (Wildman–Crippen LogP) is 2.56. The Bertz CT molecular complexity index is 1330. The molecule has 32 heavy (non-hydrogen) atoms. The molecule has 0 radical (unpaired) electrons. The van der Waals surface area contributed by atoms with Crippen LogP contribution in [-0.4, -0.2) is 53.4 Å². The second kappa shape index (κ2) is 8.91. The van der Waals surface area contributed by atoms with E-state index in [9.17, 15) is 18.0 Å². The van der Waals surface area contributed by atoms with Crippen molar-refractivity contribution in [2.75, 3.05) is 13.1 Å². The summed E-state index contributed by atoms with van der Waals surface area (Å²) in [6.45, 7) is 3.72. The number of carbonyl (C=O) groups is 1. The molecule has 12 heteroatoms. The molecule has 2 aromatic heterocycles. The average Bonchev–Trinajstić information content (AvgIpc) is 3.21. The molecule has 1 fully saturated rings. The van der Waals surface area contributed by atoms with Gasteiger partial charge in [0.05, 0.1) is 28.5 Å². The van der Waals surface area contributed by atoms with Gasteiger partial charge in [-0.3, -0.25) is 9.20 Å². The van der Waals surface area contributed by atoms with E-state index in [-0.39, 0.29) is 52.9 Å². The molecule has 1 aliphatic heterocycles. The molecule has 4 rings (SSSR count). The summed E-state index contributed by atoms with van der Waals surface area (Å²) in [5.74, 6) is -0.755. The van der Waals surface area contributed by atoms with E-state index in [1.54, 1.807) is 25.4 Å². The van der Waals surface area contributed by atoms with Crippen LogP contribution in [0.25, 0.3) is 4.96 Å². The number of halogens is 1. The van der Waals surface area contributed by atoms with Crippen LogP contribution in [0.4, 0.5) is 0 Å². The topological polar surface area (TPSA) is 107 Å². The first-order chi connectivity index (χ1) is 15.1. The first kappa shape index (κ1) is 22.9. The van der Waals surface area contributed by atoms with Gasteiger partial charge in [0.1, 0.15) is 11.5 Å². The number of ether oxygens (including phenoxy) is 2. The minimum Gasteiger partial charge on any atom is -0.456 e. The van der Waals surface area contributed by atoms with E-state index in [4.69, 9.17) is 21.1 Å². The van der Waals surface area contributed by atoms with E-state index in [1.165, 1.54) is 44.3 Å². The lowest BCUT2D eigenvalue weighted by Crippen LogP contribution is -2.48. The Labute approximate surface area is 193 Å². The Hall–Kier alpha value is -2.31. The number of benzene rings is 1. The molecule has 0 bridgehead atoms. The minimum absolute atomic E-state index is 0.00573. The third-order valence-electron chi connectivity index (χ3n) is 4.88. The largest absolute Gasteiger partial charge is 0.456 e. The van der Waals surface area contributed by atoms with Crippen molar-refractivity contribution in [2.45, 2.75) is 37.6 Å². The van der Waals surface area contributed by atoms with Gasteiger partial charge in [-0.05, 0) is 32.0 Å². The summed E-state index contributed by atoms with van der Waals surface area (Å²) in [5.41, 5.74) is 0.0382. The summed E-state index contributed by atoms with van der Waals surface area (Å²) >= 11 is 7.46. The number of sulfonamides is 1. The molecule has 170 valence electrons. The fraction of sp³-hybridized carbons (Fsp3) is 0.350.